The third-order valence-electron chi connectivity index (χ3n) is 3.14. The van der Waals surface area contributed by atoms with Crippen LogP contribution < -0.4 is 0 Å². The molecule has 4 heteroatoms. The van der Waals surface area contributed by atoms with E-state index >= 15 is 0 Å². The van der Waals surface area contributed by atoms with Gasteiger partial charge in [0.2, 0.25) is 0 Å². The highest BCUT2D eigenvalue weighted by atomic mass is 16.5. The number of carbonyl (C=O) groups is 1. The molecule has 3 atom stereocenters. The number of nitrogens with zero attached hydrogens (tertiary/aromatic N) is 1. The largest absolute Gasteiger partial charge is 0.469 e. The number of hydrogen-bond acceptors (Lipinski definition) is 4. The molecule has 0 aromatic heterocycles. The Morgan fingerprint density at radius 1 is 1.62 bits per heavy atom. The summed E-state index contributed by atoms with van der Waals surface area (Å²) in [5.74, 6) is -0.575. The van der Waals surface area contributed by atoms with Crippen LogP contribution in [0.3, 0.4) is 0 Å². The normalized spacial score (nSPS) is 39.1. The summed E-state index contributed by atoms with van der Waals surface area (Å²) >= 11 is 0. The van der Waals surface area contributed by atoms with Crippen LogP contribution >= 0.6 is 0 Å². The van der Waals surface area contributed by atoms with Crippen molar-refractivity contribution in [2.75, 3.05) is 20.2 Å². The monoisotopic (exact) mass is 185 g/mol. The molecule has 0 saturated carbocycles. The van der Waals surface area contributed by atoms with Crippen LogP contribution in [0.15, 0.2) is 0 Å². The maximum absolute atomic E-state index is 11.4. The fourth-order valence-electron chi connectivity index (χ4n) is 2.55. The summed E-state index contributed by atoms with van der Waals surface area (Å²) in [6.45, 7) is 1.64. The molecule has 2 aliphatic rings. The van der Waals surface area contributed by atoms with Gasteiger partial charge in [-0.15, -0.1) is 0 Å². The zero-order valence-electron chi connectivity index (χ0n) is 7.77. The van der Waals surface area contributed by atoms with E-state index in [0.717, 1.165) is 19.4 Å². The maximum Gasteiger partial charge on any atom is 0.312 e. The van der Waals surface area contributed by atoms with Gasteiger partial charge in [-0.2, -0.15) is 0 Å². The molecule has 0 aromatic carbocycles. The van der Waals surface area contributed by atoms with Crippen molar-refractivity contribution in [1.29, 1.82) is 0 Å². The predicted octanol–water partition coefficient (Wildman–Crippen LogP) is -0.386. The van der Waals surface area contributed by atoms with E-state index in [1.165, 1.54) is 7.11 Å². The first-order valence-corrected chi connectivity index (χ1v) is 4.74. The molecule has 13 heavy (non-hydrogen) atoms. The predicted molar refractivity (Wildman–Crippen MR) is 46.1 cm³/mol. The Kier molecular flexibility index (Phi) is 2.26. The molecule has 0 radical (unpaired) electrons. The summed E-state index contributed by atoms with van der Waals surface area (Å²) < 4.78 is 4.69. The second kappa shape index (κ2) is 3.27. The van der Waals surface area contributed by atoms with Gasteiger partial charge in [-0.25, -0.2) is 0 Å². The van der Waals surface area contributed by atoms with Gasteiger partial charge in [0, 0.05) is 12.6 Å². The van der Waals surface area contributed by atoms with Crippen LogP contribution in [0, 0.1) is 5.92 Å². The Hall–Kier alpha value is -0.610. The zero-order valence-corrected chi connectivity index (χ0v) is 7.77. The first-order chi connectivity index (χ1) is 6.24. The minimum Gasteiger partial charge on any atom is -0.469 e. The molecule has 2 rings (SSSR count). The number of rotatable bonds is 1. The standard InChI is InChI=1S/C9H15NO3/c1-13-9(12)8-6-3-2-4-10(6)5-7(8)11/h6-8,11H,2-5H2,1H3. The average molecular weight is 185 g/mol. The van der Waals surface area contributed by atoms with Crippen LogP contribution in [-0.2, 0) is 9.53 Å². The Morgan fingerprint density at radius 3 is 3.08 bits per heavy atom. The Morgan fingerprint density at radius 2 is 2.38 bits per heavy atom. The van der Waals surface area contributed by atoms with E-state index in [-0.39, 0.29) is 17.9 Å². The third-order valence-corrected chi connectivity index (χ3v) is 3.14. The van der Waals surface area contributed by atoms with Gasteiger partial charge in [-0.3, -0.25) is 9.69 Å². The van der Waals surface area contributed by atoms with Crippen molar-refractivity contribution >= 4 is 5.97 Å². The topological polar surface area (TPSA) is 49.8 Å². The number of carbonyl (C=O) groups excluding carboxylic acids is 1. The highest BCUT2D eigenvalue weighted by molar-refractivity contribution is 5.74. The van der Waals surface area contributed by atoms with Crippen LogP contribution in [0.2, 0.25) is 0 Å². The van der Waals surface area contributed by atoms with Gasteiger partial charge in [0.1, 0.15) is 0 Å². The van der Waals surface area contributed by atoms with Crippen LogP contribution in [0.1, 0.15) is 12.8 Å². The number of esters is 1. The summed E-state index contributed by atoms with van der Waals surface area (Å²) in [7, 11) is 1.38. The van der Waals surface area contributed by atoms with E-state index in [4.69, 9.17) is 0 Å². The van der Waals surface area contributed by atoms with Gasteiger partial charge in [0.25, 0.3) is 0 Å². The molecule has 3 unspecified atom stereocenters. The summed E-state index contributed by atoms with van der Waals surface area (Å²) in [6, 6.07) is 0.224. The smallest absolute Gasteiger partial charge is 0.312 e. The molecule has 2 saturated heterocycles. The molecule has 0 aromatic rings. The third kappa shape index (κ3) is 1.34. The fraction of sp³-hybridized carbons (Fsp3) is 0.889. The molecular weight excluding hydrogens is 170 g/mol. The van der Waals surface area contributed by atoms with Crippen LogP contribution in [0.5, 0.6) is 0 Å². The minimum atomic E-state index is -0.530. The molecule has 2 aliphatic heterocycles. The second-order valence-corrected chi connectivity index (χ2v) is 3.82. The number of aliphatic hydroxyl groups excluding tert-OH is 1. The van der Waals surface area contributed by atoms with Crippen LogP contribution in [0.25, 0.3) is 0 Å². The molecule has 2 heterocycles. The highest BCUT2D eigenvalue weighted by Gasteiger charge is 2.47. The Balaban J connectivity index is 2.12. The number of aliphatic hydroxyl groups is 1. The molecule has 0 amide bonds. The first-order valence-electron chi connectivity index (χ1n) is 4.74. The van der Waals surface area contributed by atoms with E-state index in [1.54, 1.807) is 0 Å². The summed E-state index contributed by atoms with van der Waals surface area (Å²) in [6.07, 6.45) is 1.61. The van der Waals surface area contributed by atoms with Crippen molar-refractivity contribution in [3.05, 3.63) is 0 Å². The van der Waals surface area contributed by atoms with Crippen molar-refractivity contribution < 1.29 is 14.6 Å². The first kappa shape index (κ1) is 8.97. The molecule has 0 bridgehead atoms. The number of hydrogen-bond donors (Lipinski definition) is 1. The lowest BCUT2D eigenvalue weighted by Gasteiger charge is -2.18. The maximum atomic E-state index is 11.4. The van der Waals surface area contributed by atoms with Gasteiger partial charge in [-0.05, 0) is 19.4 Å². The summed E-state index contributed by atoms with van der Waals surface area (Å²) in [5.41, 5.74) is 0. The molecule has 0 spiro atoms. The fourth-order valence-corrected chi connectivity index (χ4v) is 2.55. The quantitative estimate of drug-likeness (QED) is 0.565. The van der Waals surface area contributed by atoms with Crippen LogP contribution in [0.4, 0.5) is 0 Å². The van der Waals surface area contributed by atoms with Crippen molar-refractivity contribution in [2.24, 2.45) is 5.92 Å². The van der Waals surface area contributed by atoms with E-state index in [0.29, 0.717) is 6.54 Å². The lowest BCUT2D eigenvalue weighted by atomic mass is 9.96. The summed E-state index contributed by atoms with van der Waals surface area (Å²) in [5, 5.41) is 9.65. The number of ether oxygens (including phenoxy) is 1. The van der Waals surface area contributed by atoms with Crippen LogP contribution in [-0.4, -0.2) is 48.3 Å². The molecular formula is C9H15NO3. The molecule has 2 fully saturated rings. The van der Waals surface area contributed by atoms with Crippen molar-refractivity contribution in [3.63, 3.8) is 0 Å². The molecule has 4 nitrogen and oxygen atoms in total. The van der Waals surface area contributed by atoms with Gasteiger partial charge < -0.3 is 9.84 Å². The highest BCUT2D eigenvalue weighted by Crippen LogP contribution is 2.33. The van der Waals surface area contributed by atoms with Gasteiger partial charge in [0.05, 0.1) is 19.1 Å². The van der Waals surface area contributed by atoms with Gasteiger partial charge in [0.15, 0.2) is 0 Å². The molecule has 0 aliphatic carbocycles. The minimum absolute atomic E-state index is 0.224. The van der Waals surface area contributed by atoms with Gasteiger partial charge in [-0.1, -0.05) is 0 Å². The Labute approximate surface area is 77.5 Å². The molecule has 74 valence electrons. The van der Waals surface area contributed by atoms with E-state index in [1.807, 2.05) is 0 Å². The van der Waals surface area contributed by atoms with Crippen molar-refractivity contribution in [2.45, 2.75) is 25.0 Å². The van der Waals surface area contributed by atoms with E-state index < -0.39 is 6.10 Å². The lowest BCUT2D eigenvalue weighted by Crippen LogP contribution is -2.33. The van der Waals surface area contributed by atoms with Crippen molar-refractivity contribution in [1.82, 2.24) is 4.90 Å². The van der Waals surface area contributed by atoms with E-state index in [9.17, 15) is 9.90 Å². The number of methoxy groups -OCH3 is 1. The lowest BCUT2D eigenvalue weighted by molar-refractivity contribution is -0.148. The second-order valence-electron chi connectivity index (χ2n) is 3.82. The number of fused-ring (bicyclic) bond motifs is 1. The average Bonchev–Trinajstić information content (AvgIpc) is 2.62. The SMILES string of the molecule is COC(=O)C1C(O)CN2CCCC12. The molecule has 1 N–H and O–H groups in total. The van der Waals surface area contributed by atoms with Gasteiger partial charge >= 0.3 is 5.97 Å². The Bertz CT molecular complexity index is 219. The summed E-state index contributed by atoms with van der Waals surface area (Å²) in [4.78, 5) is 13.5. The van der Waals surface area contributed by atoms with E-state index in [2.05, 4.69) is 9.64 Å². The van der Waals surface area contributed by atoms with Crippen molar-refractivity contribution in [3.8, 4) is 0 Å². The zero-order chi connectivity index (χ0) is 9.42.